The van der Waals surface area contributed by atoms with E-state index in [9.17, 15) is 14.7 Å². The van der Waals surface area contributed by atoms with Crippen LogP contribution < -0.4 is 10.7 Å². The van der Waals surface area contributed by atoms with Crippen LogP contribution in [0.25, 0.3) is 22.6 Å². The molecule has 0 aliphatic rings. The normalized spacial score (nSPS) is 11.0. The van der Waals surface area contributed by atoms with Crippen LogP contribution in [0.3, 0.4) is 0 Å². The maximum atomic E-state index is 12.5. The molecule has 5 aromatic rings. The number of aromatic nitrogens is 1. The molecule has 0 fully saturated rings. The van der Waals surface area contributed by atoms with Gasteiger partial charge in [-0.05, 0) is 66.7 Å². The SMILES string of the molecule is O=C(N/N=C\c1ccc(-c2ccc(Cl)c(C(=O)O)c2)o1)c1ccc(-c2csc(Nc3ccc(Cl)cc3)n2)cc1. The number of benzene rings is 3. The number of furan rings is 1. The smallest absolute Gasteiger partial charge is 0.337 e. The predicted molar refractivity (Wildman–Crippen MR) is 153 cm³/mol. The quantitative estimate of drug-likeness (QED) is 0.129. The third kappa shape index (κ3) is 6.35. The predicted octanol–water partition coefficient (Wildman–Crippen LogP) is 7.58. The van der Waals surface area contributed by atoms with E-state index in [4.69, 9.17) is 27.6 Å². The molecule has 2 aromatic heterocycles. The largest absolute Gasteiger partial charge is 0.478 e. The van der Waals surface area contributed by atoms with Crippen LogP contribution in [0.1, 0.15) is 26.5 Å². The first-order valence-corrected chi connectivity index (χ1v) is 13.0. The van der Waals surface area contributed by atoms with Gasteiger partial charge in [0.2, 0.25) is 0 Å². The minimum absolute atomic E-state index is 0.0242. The third-order valence-electron chi connectivity index (χ3n) is 5.51. The number of hydrogen-bond acceptors (Lipinski definition) is 7. The van der Waals surface area contributed by atoms with Crippen molar-refractivity contribution in [1.29, 1.82) is 0 Å². The monoisotopic (exact) mass is 576 g/mol. The van der Waals surface area contributed by atoms with Crippen LogP contribution >= 0.6 is 34.5 Å². The molecule has 0 unspecified atom stereocenters. The zero-order chi connectivity index (χ0) is 27.4. The number of carboxylic acid groups (broad SMARTS) is 1. The molecule has 11 heteroatoms. The maximum absolute atomic E-state index is 12.5. The van der Waals surface area contributed by atoms with E-state index in [1.807, 2.05) is 29.6 Å². The van der Waals surface area contributed by atoms with Crippen LogP contribution in [0.5, 0.6) is 0 Å². The van der Waals surface area contributed by atoms with Gasteiger partial charge in [0.05, 0.1) is 22.5 Å². The van der Waals surface area contributed by atoms with Gasteiger partial charge >= 0.3 is 5.97 Å². The Morgan fingerprint density at radius 2 is 1.69 bits per heavy atom. The lowest BCUT2D eigenvalue weighted by atomic mass is 10.1. The second-order valence-corrected chi connectivity index (χ2v) is 9.85. The summed E-state index contributed by atoms with van der Waals surface area (Å²) in [6.07, 6.45) is 1.36. The van der Waals surface area contributed by atoms with Gasteiger partial charge < -0.3 is 14.8 Å². The lowest BCUT2D eigenvalue weighted by Gasteiger charge is -2.03. The Morgan fingerprint density at radius 1 is 0.949 bits per heavy atom. The number of carbonyl (C=O) groups excluding carboxylic acids is 1. The molecule has 1 amide bonds. The maximum Gasteiger partial charge on any atom is 0.337 e. The molecule has 3 aromatic carbocycles. The molecular formula is C28H18Cl2N4O4S. The van der Waals surface area contributed by atoms with Crippen molar-refractivity contribution in [3.63, 3.8) is 0 Å². The van der Waals surface area contributed by atoms with Gasteiger partial charge in [-0.25, -0.2) is 15.2 Å². The van der Waals surface area contributed by atoms with E-state index in [0.29, 0.717) is 27.7 Å². The molecule has 0 saturated carbocycles. The molecule has 0 spiro atoms. The van der Waals surface area contributed by atoms with Crippen LogP contribution in [-0.4, -0.2) is 28.2 Å². The number of thiazole rings is 1. The fourth-order valence-corrected chi connectivity index (χ4v) is 4.62. The van der Waals surface area contributed by atoms with Gasteiger partial charge in [-0.1, -0.05) is 35.3 Å². The van der Waals surface area contributed by atoms with Gasteiger partial charge in [-0.15, -0.1) is 11.3 Å². The Kier molecular flexibility index (Phi) is 7.74. The number of carboxylic acids is 1. The molecule has 3 N–H and O–H groups in total. The highest BCUT2D eigenvalue weighted by atomic mass is 35.5. The van der Waals surface area contributed by atoms with Gasteiger partial charge in [0.15, 0.2) is 5.13 Å². The van der Waals surface area contributed by atoms with Gasteiger partial charge in [0.1, 0.15) is 11.5 Å². The number of nitrogens with zero attached hydrogens (tertiary/aromatic N) is 2. The number of anilines is 2. The molecule has 5 rings (SSSR count). The van der Waals surface area contributed by atoms with Gasteiger partial charge in [0.25, 0.3) is 5.91 Å². The van der Waals surface area contributed by atoms with Gasteiger partial charge in [-0.3, -0.25) is 4.79 Å². The number of carbonyl (C=O) groups is 2. The summed E-state index contributed by atoms with van der Waals surface area (Å²) in [6.45, 7) is 0. The Bertz CT molecular complexity index is 1680. The Hall–Kier alpha value is -4.44. The molecule has 8 nitrogen and oxygen atoms in total. The highest BCUT2D eigenvalue weighted by molar-refractivity contribution is 7.14. The molecule has 0 atom stereocenters. The van der Waals surface area contributed by atoms with E-state index in [2.05, 4.69) is 20.8 Å². The van der Waals surface area contributed by atoms with Crippen molar-refractivity contribution < 1.29 is 19.1 Å². The van der Waals surface area contributed by atoms with E-state index >= 15 is 0 Å². The standard InChI is InChI=1S/C28H18Cl2N4O4S/c29-19-6-8-20(9-7-19)32-28-33-24(15-39-28)16-1-3-17(4-2-16)26(35)34-31-14-21-10-12-25(38-21)18-5-11-23(30)22(13-18)27(36)37/h1-15H,(H,32,33)(H,34,35)(H,36,37)/b31-14-. The van der Waals surface area contributed by atoms with Crippen molar-refractivity contribution in [3.05, 3.63) is 111 Å². The van der Waals surface area contributed by atoms with Crippen LogP contribution in [0.2, 0.25) is 10.0 Å². The van der Waals surface area contributed by atoms with Crippen molar-refractivity contribution in [2.24, 2.45) is 5.10 Å². The average Bonchev–Trinajstić information content (AvgIpc) is 3.60. The lowest BCUT2D eigenvalue weighted by Crippen LogP contribution is -2.17. The van der Waals surface area contributed by atoms with E-state index in [1.165, 1.54) is 29.7 Å². The summed E-state index contributed by atoms with van der Waals surface area (Å²) in [6, 6.07) is 22.3. The number of nitrogens with one attached hydrogen (secondary N) is 2. The number of amides is 1. The number of halogens is 2. The Morgan fingerprint density at radius 3 is 2.44 bits per heavy atom. The second-order valence-electron chi connectivity index (χ2n) is 8.15. The zero-order valence-corrected chi connectivity index (χ0v) is 22.2. The van der Waals surface area contributed by atoms with Crippen LogP contribution in [0, 0.1) is 0 Å². The fourth-order valence-electron chi connectivity index (χ4n) is 3.55. The first-order chi connectivity index (χ1) is 18.9. The molecule has 0 bridgehead atoms. The number of hydrazone groups is 1. The Labute approximate surface area is 236 Å². The number of rotatable bonds is 8. The summed E-state index contributed by atoms with van der Waals surface area (Å²) >= 11 is 13.3. The van der Waals surface area contributed by atoms with Crippen LogP contribution in [0.4, 0.5) is 10.8 Å². The zero-order valence-electron chi connectivity index (χ0n) is 19.9. The summed E-state index contributed by atoms with van der Waals surface area (Å²) in [5.74, 6) is -0.713. The first-order valence-electron chi connectivity index (χ1n) is 11.4. The third-order valence-corrected chi connectivity index (χ3v) is 6.85. The molecule has 0 radical (unpaired) electrons. The van der Waals surface area contributed by atoms with Gasteiger partial charge in [-0.2, -0.15) is 5.10 Å². The van der Waals surface area contributed by atoms with Crippen LogP contribution in [0.15, 0.2) is 93.8 Å². The average molecular weight is 577 g/mol. The molecular weight excluding hydrogens is 559 g/mol. The van der Waals surface area contributed by atoms with Gasteiger partial charge in [0, 0.05) is 32.8 Å². The molecule has 2 heterocycles. The highest BCUT2D eigenvalue weighted by Crippen LogP contribution is 2.28. The second kappa shape index (κ2) is 11.5. The summed E-state index contributed by atoms with van der Waals surface area (Å²) in [4.78, 5) is 28.4. The highest BCUT2D eigenvalue weighted by Gasteiger charge is 2.13. The minimum atomic E-state index is -1.13. The lowest BCUT2D eigenvalue weighted by molar-refractivity contribution is 0.0697. The van der Waals surface area contributed by atoms with Crippen molar-refractivity contribution in [3.8, 4) is 22.6 Å². The molecule has 0 aliphatic heterocycles. The Balaban J connectivity index is 1.19. The van der Waals surface area contributed by atoms with Crippen LogP contribution in [-0.2, 0) is 0 Å². The molecule has 194 valence electrons. The molecule has 0 aliphatic carbocycles. The van der Waals surface area contributed by atoms with E-state index in [-0.39, 0.29) is 10.6 Å². The summed E-state index contributed by atoms with van der Waals surface area (Å²) in [7, 11) is 0. The van der Waals surface area contributed by atoms with Crippen molar-refractivity contribution in [2.45, 2.75) is 0 Å². The summed E-state index contributed by atoms with van der Waals surface area (Å²) < 4.78 is 5.69. The number of hydrogen-bond donors (Lipinski definition) is 3. The first kappa shape index (κ1) is 26.2. The molecule has 39 heavy (non-hydrogen) atoms. The van der Waals surface area contributed by atoms with Crippen molar-refractivity contribution in [2.75, 3.05) is 5.32 Å². The number of aromatic carboxylic acids is 1. The van der Waals surface area contributed by atoms with E-state index in [1.54, 1.807) is 42.5 Å². The topological polar surface area (TPSA) is 117 Å². The fraction of sp³-hybridized carbons (Fsp3) is 0. The summed E-state index contributed by atoms with van der Waals surface area (Å²) in [5.41, 5.74) is 5.95. The summed E-state index contributed by atoms with van der Waals surface area (Å²) in [5, 5.41) is 19.9. The van der Waals surface area contributed by atoms with E-state index < -0.39 is 11.9 Å². The van der Waals surface area contributed by atoms with Crippen molar-refractivity contribution >= 4 is 63.4 Å². The minimum Gasteiger partial charge on any atom is -0.478 e. The van der Waals surface area contributed by atoms with Crippen molar-refractivity contribution in [1.82, 2.24) is 10.4 Å². The van der Waals surface area contributed by atoms with E-state index in [0.717, 1.165) is 22.1 Å². The molecule has 0 saturated heterocycles.